The van der Waals surface area contributed by atoms with Gasteiger partial charge in [0.2, 0.25) is 0 Å². The maximum Gasteiger partial charge on any atom is 0.407 e. The molecule has 14 aromatic carbocycles. The number of hydrogen-bond acceptors (Lipinski definition) is 9. The zero-order chi connectivity index (χ0) is 97.4. The third-order valence-electron chi connectivity index (χ3n) is 25.5. The van der Waals surface area contributed by atoms with Gasteiger partial charge in [0.05, 0.1) is 0 Å². The number of nitrogens with one attached hydrogen (secondary N) is 3. The van der Waals surface area contributed by atoms with Crippen LogP contribution in [-0.4, -0.2) is 81.4 Å². The summed E-state index contributed by atoms with van der Waals surface area (Å²) in [6.07, 6.45) is 12.0. The van der Waals surface area contributed by atoms with Crippen LogP contribution in [-0.2, 0) is 45.0 Å². The Kier molecular flexibility index (Phi) is 41.4. The van der Waals surface area contributed by atoms with Gasteiger partial charge >= 0.3 is 12.1 Å². The Hall–Kier alpha value is -11.8. The molecule has 0 fully saturated rings. The molecule has 0 saturated heterocycles. The number of benzene rings is 14. The molecule has 6 N–H and O–H groups in total. The van der Waals surface area contributed by atoms with Gasteiger partial charge in [0, 0.05) is 63.8 Å². The molecule has 4 unspecified atom stereocenters. The number of aliphatic carboxylic acids is 1. The van der Waals surface area contributed by atoms with Crippen LogP contribution in [0.3, 0.4) is 0 Å². The fourth-order valence-electron chi connectivity index (χ4n) is 18.4. The quantitative estimate of drug-likeness (QED) is 0.0141. The molecule has 14 aromatic rings. The van der Waals surface area contributed by atoms with Crippen molar-refractivity contribution in [3.8, 4) is 11.1 Å². The van der Waals surface area contributed by atoms with Crippen LogP contribution >= 0.6 is 58.0 Å². The lowest BCUT2D eigenvalue weighted by atomic mass is 9.65. The Balaban J connectivity index is 0.000000175. The van der Waals surface area contributed by atoms with Crippen molar-refractivity contribution >= 4 is 87.4 Å². The molecule has 0 radical (unpaired) electrons. The third-order valence-corrected chi connectivity index (χ3v) is 27.4. The van der Waals surface area contributed by atoms with Crippen molar-refractivity contribution in [2.24, 2.45) is 5.73 Å². The number of nitrogens with two attached hydrogens (primary N) is 1. The van der Waals surface area contributed by atoms with E-state index in [1.165, 1.54) is 33.4 Å². The summed E-state index contributed by atoms with van der Waals surface area (Å²) in [6, 6.07) is 121. The van der Waals surface area contributed by atoms with Gasteiger partial charge in [-0.25, -0.2) is 4.79 Å². The first kappa shape index (κ1) is 106. The number of halogens is 5. The van der Waals surface area contributed by atoms with Crippen LogP contribution in [0.2, 0.25) is 20.1 Å². The van der Waals surface area contributed by atoms with Crippen LogP contribution in [0.25, 0.3) is 11.1 Å². The number of fused-ring (bicyclic) bond motifs is 3. The highest BCUT2D eigenvalue weighted by Crippen LogP contribution is 2.51. The highest BCUT2D eigenvalue weighted by Gasteiger charge is 2.48. The number of ether oxygens (including phenoxy) is 1. The number of carbonyl (C=O) groups is 5. The minimum atomic E-state index is -1.03. The number of carboxylic acids is 1. The first-order chi connectivity index (χ1) is 66.6. The molecular formula is C121H127Cl5N4O7. The van der Waals surface area contributed by atoms with Crippen molar-refractivity contribution in [2.45, 2.75) is 157 Å². The normalized spacial score (nSPS) is 13.0. The van der Waals surface area contributed by atoms with E-state index in [0.717, 1.165) is 162 Å². The lowest BCUT2D eigenvalue weighted by Gasteiger charge is -2.35. The van der Waals surface area contributed by atoms with Crippen molar-refractivity contribution in [2.75, 3.05) is 46.9 Å². The van der Waals surface area contributed by atoms with Crippen molar-refractivity contribution in [1.82, 2.24) is 16.0 Å². The molecule has 0 saturated carbocycles. The molecule has 0 heterocycles. The molecule has 15 rings (SSSR count). The number of carboxylic acid groups (broad SMARTS) is 1. The molecule has 16 heteroatoms. The number of aryl methyl sites for hydroxylation is 4. The Morgan fingerprint density at radius 1 is 0.307 bits per heavy atom. The predicted molar refractivity (Wildman–Crippen MR) is 568 cm³/mol. The number of alkyl carbamates (subject to hydrolysis) is 1. The summed E-state index contributed by atoms with van der Waals surface area (Å²) in [5.74, 6) is -0.210. The summed E-state index contributed by atoms with van der Waals surface area (Å²) >= 11 is 33.9. The van der Waals surface area contributed by atoms with Crippen LogP contribution in [0.1, 0.15) is 209 Å². The van der Waals surface area contributed by atoms with Crippen LogP contribution in [0.5, 0.6) is 0 Å². The topological polar surface area (TPSA) is 177 Å². The largest absolute Gasteiger partial charge is 0.481 e. The number of Topliss-reactive ketones (excluding diaryl/α,β-unsaturated/α-hetero) is 3. The summed E-state index contributed by atoms with van der Waals surface area (Å²) in [7, 11) is 3.86. The van der Waals surface area contributed by atoms with Gasteiger partial charge in [-0.15, -0.1) is 11.6 Å². The van der Waals surface area contributed by atoms with Crippen LogP contribution < -0.4 is 21.7 Å². The molecule has 11 nitrogen and oxygen atoms in total. The Bertz CT molecular complexity index is 6090. The van der Waals surface area contributed by atoms with Crippen LogP contribution in [0, 0.1) is 27.7 Å². The number of hydrogen-bond donors (Lipinski definition) is 5. The van der Waals surface area contributed by atoms with Crippen molar-refractivity contribution in [3.63, 3.8) is 0 Å². The number of ketones is 3. The highest BCUT2D eigenvalue weighted by atomic mass is 35.5. The molecule has 708 valence electrons. The van der Waals surface area contributed by atoms with E-state index in [4.69, 9.17) is 73.6 Å². The molecule has 1 amide bonds. The maximum absolute atomic E-state index is 14.5. The molecular weight excluding hydrogens is 1800 g/mol. The smallest absolute Gasteiger partial charge is 0.407 e. The van der Waals surface area contributed by atoms with Crippen molar-refractivity contribution in [1.29, 1.82) is 0 Å². The molecule has 1 aliphatic carbocycles. The summed E-state index contributed by atoms with van der Waals surface area (Å²) in [5, 5.41) is 19.8. The molecule has 0 bridgehead atoms. The van der Waals surface area contributed by atoms with E-state index in [-0.39, 0.29) is 29.9 Å². The molecule has 137 heavy (non-hydrogen) atoms. The van der Waals surface area contributed by atoms with E-state index in [2.05, 4.69) is 134 Å². The third kappa shape index (κ3) is 27.0. The lowest BCUT2D eigenvalue weighted by Crippen LogP contribution is -2.39. The summed E-state index contributed by atoms with van der Waals surface area (Å²) in [5.41, 5.74) is 23.2. The van der Waals surface area contributed by atoms with E-state index in [1.807, 2.05) is 288 Å². The Morgan fingerprint density at radius 2 is 0.569 bits per heavy atom. The first-order valence-corrected chi connectivity index (χ1v) is 49.6. The van der Waals surface area contributed by atoms with E-state index >= 15 is 0 Å². The zero-order valence-corrected chi connectivity index (χ0v) is 83.2. The zero-order valence-electron chi connectivity index (χ0n) is 79.4. The number of carbonyl (C=O) groups excluding carboxylic acids is 4. The lowest BCUT2D eigenvalue weighted by molar-refractivity contribution is -0.137. The molecule has 0 aromatic heterocycles. The van der Waals surface area contributed by atoms with E-state index < -0.39 is 33.2 Å². The number of alkyl halides is 1. The number of rotatable bonds is 40. The Labute approximate surface area is 836 Å². The fourth-order valence-corrected chi connectivity index (χ4v) is 20.0. The molecule has 4 atom stereocenters. The fraction of sp³-hybridized carbons (Fsp3) is 0.264. The van der Waals surface area contributed by atoms with Gasteiger partial charge in [-0.3, -0.25) is 19.2 Å². The average molecular weight is 1930 g/mol. The second kappa shape index (κ2) is 53.8. The SMILES string of the molecule is CNCCCCCC(=O)C(c1ccccc1)(c1ccc(C)cc1)c1ccccc1Cl.CNCCCCCC(=O)O.Cc1ccc(C(C(=O)CCCCCN)(c2ccccc2)c2ccccc2Cl)cc1.Cc1ccc(C(C(=O)CCCCCNC(=O)OCC2c3ccccc3-c3ccccc32)(c2ccccc2)c2ccccc2Cl)cc1.Cc1ccc(C(Cl)(c2ccccc2)c2ccccc2Cl)cc1. The summed E-state index contributed by atoms with van der Waals surface area (Å²) in [6.45, 7) is 11.6. The van der Waals surface area contributed by atoms with Crippen molar-refractivity contribution < 1.29 is 33.8 Å². The van der Waals surface area contributed by atoms with E-state index in [0.29, 0.717) is 65.3 Å². The van der Waals surface area contributed by atoms with E-state index in [1.54, 1.807) is 0 Å². The number of amides is 1. The standard InChI is InChI=1S/C41H38ClNO3.C27H30ClNO.C26H28ClNO.C20H16Cl2.C7H15NO2/c1-29-23-25-31(26-24-29)41(30-14-4-2-5-15-30,37-20-11-12-21-38(37)42)39(44)22-6-3-13-27-43-40(45)46-28-36-34-18-9-7-16-32(34)33-17-8-10-19-35(33)36;1-21-16-18-23(19-17-21)27(22-11-5-3-6-12-22,24-13-8-9-14-25(24)28)26(30)15-7-4-10-20-29-2;1-20-15-17-22(18-16-20)26(21-10-4-2-5-11-21,23-12-7-8-13-24(23)27)25(29)14-6-3-9-19-28;1-15-11-13-17(14-12-15)20(22,16-7-3-2-4-8-16)18-9-5-6-10-19(18)21;1-8-6-4-2-3-5-7(9)10/h2,4-5,7-12,14-21,23-26,36H,3,6,13,22,27-28H2,1H3,(H,43,45);3,5-6,8-9,11-14,16-19,29H,4,7,10,15,20H2,1-2H3;2,4-5,7-8,10-13,15-18H,3,6,9,14,19,28H2,1H3;2-14H,1H3;8H,2-6H2,1H3,(H,9,10). The molecule has 0 spiro atoms. The summed E-state index contributed by atoms with van der Waals surface area (Å²) in [4.78, 5) is 64.4. The molecule has 1 aliphatic rings. The predicted octanol–water partition coefficient (Wildman–Crippen LogP) is 29.1. The van der Waals surface area contributed by atoms with Gasteiger partial charge in [-0.05, 0) is 221 Å². The maximum atomic E-state index is 14.5. The first-order valence-electron chi connectivity index (χ1n) is 47.7. The Morgan fingerprint density at radius 3 is 0.891 bits per heavy atom. The van der Waals surface area contributed by atoms with Gasteiger partial charge < -0.3 is 31.5 Å². The van der Waals surface area contributed by atoms with Crippen molar-refractivity contribution in [3.05, 3.63) is 484 Å². The second-order valence-electron chi connectivity index (χ2n) is 34.9. The minimum Gasteiger partial charge on any atom is -0.481 e. The van der Waals surface area contributed by atoms with Gasteiger partial charge in [0.15, 0.2) is 17.3 Å². The average Bonchev–Trinajstić information content (AvgIpc) is 0.860. The van der Waals surface area contributed by atoms with E-state index in [9.17, 15) is 24.0 Å². The van der Waals surface area contributed by atoms with Gasteiger partial charge in [-0.1, -0.05) is 434 Å². The second-order valence-corrected chi connectivity index (χ2v) is 37.1. The number of unbranched alkanes of at least 4 members (excludes halogenated alkanes) is 8. The summed E-state index contributed by atoms with van der Waals surface area (Å²) < 4.78 is 5.68. The molecule has 0 aliphatic heterocycles. The van der Waals surface area contributed by atoms with Gasteiger partial charge in [-0.2, -0.15) is 0 Å². The van der Waals surface area contributed by atoms with Gasteiger partial charge in [0.25, 0.3) is 0 Å². The minimum absolute atomic E-state index is 0.0284. The highest BCUT2D eigenvalue weighted by molar-refractivity contribution is 6.35. The van der Waals surface area contributed by atoms with Crippen LogP contribution in [0.15, 0.2) is 364 Å². The van der Waals surface area contributed by atoms with Gasteiger partial charge in [0.1, 0.15) is 27.7 Å². The van der Waals surface area contributed by atoms with Crippen LogP contribution in [0.4, 0.5) is 4.79 Å². The monoisotopic (exact) mass is 1920 g/mol.